The molecule has 0 N–H and O–H groups in total. The van der Waals surface area contributed by atoms with Crippen LogP contribution < -0.4 is 0 Å². The highest BCUT2D eigenvalue weighted by Gasteiger charge is 2.20. The molecule has 0 spiro atoms. The Morgan fingerprint density at radius 3 is 1.80 bits per heavy atom. The molecule has 10 aromatic rings. The van der Waals surface area contributed by atoms with Crippen molar-refractivity contribution in [2.24, 2.45) is 0 Å². The van der Waals surface area contributed by atoms with Gasteiger partial charge in [-0.1, -0.05) is 140 Å². The third kappa shape index (κ3) is 4.49. The fourth-order valence-electron chi connectivity index (χ4n) is 7.22. The van der Waals surface area contributed by atoms with E-state index < -0.39 is 0 Å². The van der Waals surface area contributed by atoms with Gasteiger partial charge in [0.05, 0.1) is 0 Å². The standard InChI is InChI=1S/C45H27N3O/c1-2-12-28(13-3-1)32-16-8-9-20-38(32)44-46-43(31-23-24-36-35-19-10-11-21-40(35)49-41(36)27-31)47-45(48-44)39-26-30-15-5-6-17-33(30)37-25-22-29-14-4-7-18-34(29)42(37)39/h1-27H. The minimum absolute atomic E-state index is 0.590. The number of hydrogen-bond acceptors (Lipinski definition) is 4. The summed E-state index contributed by atoms with van der Waals surface area (Å²) in [6, 6.07) is 56.9. The highest BCUT2D eigenvalue weighted by Crippen LogP contribution is 2.40. The number of hydrogen-bond donors (Lipinski definition) is 0. The van der Waals surface area contributed by atoms with Gasteiger partial charge in [0, 0.05) is 32.8 Å². The van der Waals surface area contributed by atoms with Crippen LogP contribution in [0.15, 0.2) is 168 Å². The average Bonchev–Trinajstić information content (AvgIpc) is 3.55. The zero-order chi connectivity index (χ0) is 32.3. The molecule has 228 valence electrons. The molecule has 0 aliphatic rings. The van der Waals surface area contributed by atoms with E-state index in [1.54, 1.807) is 0 Å². The third-order valence-corrected chi connectivity index (χ3v) is 9.52. The first kappa shape index (κ1) is 27.5. The lowest BCUT2D eigenvalue weighted by molar-refractivity contribution is 0.669. The predicted octanol–water partition coefficient (Wildman–Crippen LogP) is 11.9. The summed E-state index contributed by atoms with van der Waals surface area (Å²) in [6.07, 6.45) is 0. The van der Waals surface area contributed by atoms with Gasteiger partial charge in [-0.05, 0) is 62.3 Å². The summed E-state index contributed by atoms with van der Waals surface area (Å²) in [5, 5.41) is 9.13. The first-order valence-corrected chi connectivity index (χ1v) is 16.4. The minimum atomic E-state index is 0.590. The second-order valence-electron chi connectivity index (χ2n) is 12.4. The first-order chi connectivity index (χ1) is 24.3. The van der Waals surface area contributed by atoms with Crippen LogP contribution in [0.5, 0.6) is 0 Å². The zero-order valence-electron chi connectivity index (χ0n) is 26.3. The smallest absolute Gasteiger partial charge is 0.164 e. The Bertz CT molecular complexity index is 2890. The maximum atomic E-state index is 6.30. The Morgan fingerprint density at radius 1 is 0.327 bits per heavy atom. The molecular weight excluding hydrogens is 599 g/mol. The molecule has 2 aromatic heterocycles. The topological polar surface area (TPSA) is 51.8 Å². The Morgan fingerprint density at radius 2 is 0.939 bits per heavy atom. The van der Waals surface area contributed by atoms with Crippen molar-refractivity contribution >= 4 is 54.3 Å². The monoisotopic (exact) mass is 625 g/mol. The number of aromatic nitrogens is 3. The molecular formula is C45H27N3O. The molecule has 0 amide bonds. The van der Waals surface area contributed by atoms with Gasteiger partial charge in [-0.3, -0.25) is 0 Å². The molecule has 0 saturated heterocycles. The third-order valence-electron chi connectivity index (χ3n) is 9.52. The van der Waals surface area contributed by atoms with Crippen LogP contribution in [-0.2, 0) is 0 Å². The SMILES string of the molecule is c1ccc(-c2ccccc2-c2nc(-c3ccc4c(c3)oc3ccccc34)nc(-c3cc4ccccc4c4ccc5ccccc5c34)n2)cc1. The van der Waals surface area contributed by atoms with Crippen molar-refractivity contribution in [2.75, 3.05) is 0 Å². The summed E-state index contributed by atoms with van der Waals surface area (Å²) >= 11 is 0. The van der Waals surface area contributed by atoms with Crippen LogP contribution >= 0.6 is 0 Å². The maximum Gasteiger partial charge on any atom is 0.164 e. The van der Waals surface area contributed by atoms with Crippen molar-refractivity contribution < 1.29 is 4.42 Å². The van der Waals surface area contributed by atoms with Crippen LogP contribution in [0.3, 0.4) is 0 Å². The van der Waals surface area contributed by atoms with Gasteiger partial charge in [0.2, 0.25) is 0 Å². The van der Waals surface area contributed by atoms with Crippen molar-refractivity contribution in [1.29, 1.82) is 0 Å². The molecule has 10 rings (SSSR count). The van der Waals surface area contributed by atoms with E-state index in [-0.39, 0.29) is 0 Å². The summed E-state index contributed by atoms with van der Waals surface area (Å²) in [4.78, 5) is 15.8. The molecule has 0 atom stereocenters. The largest absolute Gasteiger partial charge is 0.456 e. The first-order valence-electron chi connectivity index (χ1n) is 16.4. The van der Waals surface area contributed by atoms with E-state index in [0.29, 0.717) is 17.5 Å². The lowest BCUT2D eigenvalue weighted by Crippen LogP contribution is -2.02. The summed E-state index contributed by atoms with van der Waals surface area (Å²) in [6.45, 7) is 0. The fraction of sp³-hybridized carbons (Fsp3) is 0. The van der Waals surface area contributed by atoms with Gasteiger partial charge in [0.1, 0.15) is 11.2 Å². The molecule has 8 aromatic carbocycles. The van der Waals surface area contributed by atoms with Crippen LogP contribution in [0.25, 0.3) is 99.5 Å². The van der Waals surface area contributed by atoms with E-state index in [0.717, 1.165) is 65.9 Å². The van der Waals surface area contributed by atoms with Gasteiger partial charge in [-0.25, -0.2) is 15.0 Å². The Labute approximate surface area is 282 Å². The summed E-state index contributed by atoms with van der Waals surface area (Å²) < 4.78 is 6.30. The van der Waals surface area contributed by atoms with Crippen molar-refractivity contribution in [3.8, 4) is 45.3 Å². The minimum Gasteiger partial charge on any atom is -0.456 e. The molecule has 2 heterocycles. The molecule has 0 fully saturated rings. The molecule has 0 unspecified atom stereocenters. The molecule has 0 aliphatic heterocycles. The number of para-hydroxylation sites is 1. The Balaban J connectivity index is 1.29. The van der Waals surface area contributed by atoms with E-state index in [1.807, 2.05) is 30.3 Å². The highest BCUT2D eigenvalue weighted by atomic mass is 16.3. The van der Waals surface area contributed by atoms with Crippen LogP contribution in [0, 0.1) is 0 Å². The Kier molecular flexibility index (Phi) is 6.15. The van der Waals surface area contributed by atoms with E-state index in [2.05, 4.69) is 133 Å². The molecule has 0 radical (unpaired) electrons. The van der Waals surface area contributed by atoms with E-state index in [1.165, 1.54) is 16.2 Å². The average molecular weight is 626 g/mol. The number of rotatable bonds is 4. The molecule has 49 heavy (non-hydrogen) atoms. The van der Waals surface area contributed by atoms with Gasteiger partial charge in [0.15, 0.2) is 17.5 Å². The number of benzene rings is 8. The van der Waals surface area contributed by atoms with Crippen LogP contribution in [0.2, 0.25) is 0 Å². The predicted molar refractivity (Wildman–Crippen MR) is 201 cm³/mol. The second kappa shape index (κ2) is 11.0. The summed E-state index contributed by atoms with van der Waals surface area (Å²) in [5.74, 6) is 1.83. The summed E-state index contributed by atoms with van der Waals surface area (Å²) in [5.41, 5.74) is 6.60. The molecule has 4 heteroatoms. The fourth-order valence-corrected chi connectivity index (χ4v) is 7.22. The Hall–Kier alpha value is -6.65. The number of fused-ring (bicyclic) bond motifs is 8. The van der Waals surface area contributed by atoms with Crippen molar-refractivity contribution in [3.05, 3.63) is 164 Å². The van der Waals surface area contributed by atoms with Crippen molar-refractivity contribution in [1.82, 2.24) is 15.0 Å². The van der Waals surface area contributed by atoms with E-state index in [4.69, 9.17) is 19.4 Å². The molecule has 0 saturated carbocycles. The van der Waals surface area contributed by atoms with Crippen molar-refractivity contribution in [3.63, 3.8) is 0 Å². The van der Waals surface area contributed by atoms with Crippen molar-refractivity contribution in [2.45, 2.75) is 0 Å². The van der Waals surface area contributed by atoms with Crippen LogP contribution in [-0.4, -0.2) is 15.0 Å². The highest BCUT2D eigenvalue weighted by molar-refractivity contribution is 6.22. The normalized spacial score (nSPS) is 11.7. The van der Waals surface area contributed by atoms with Gasteiger partial charge >= 0.3 is 0 Å². The zero-order valence-corrected chi connectivity index (χ0v) is 26.3. The van der Waals surface area contributed by atoms with Crippen LogP contribution in [0.4, 0.5) is 0 Å². The van der Waals surface area contributed by atoms with Gasteiger partial charge < -0.3 is 4.42 Å². The lowest BCUT2D eigenvalue weighted by atomic mass is 9.92. The van der Waals surface area contributed by atoms with Gasteiger partial charge in [0.25, 0.3) is 0 Å². The lowest BCUT2D eigenvalue weighted by Gasteiger charge is -2.15. The van der Waals surface area contributed by atoms with E-state index in [9.17, 15) is 0 Å². The molecule has 0 aliphatic carbocycles. The van der Waals surface area contributed by atoms with E-state index >= 15 is 0 Å². The van der Waals surface area contributed by atoms with Gasteiger partial charge in [-0.2, -0.15) is 0 Å². The second-order valence-corrected chi connectivity index (χ2v) is 12.4. The number of furan rings is 1. The summed E-state index contributed by atoms with van der Waals surface area (Å²) in [7, 11) is 0. The molecule has 4 nitrogen and oxygen atoms in total. The number of nitrogens with zero attached hydrogens (tertiary/aromatic N) is 3. The maximum absolute atomic E-state index is 6.30. The van der Waals surface area contributed by atoms with Gasteiger partial charge in [-0.15, -0.1) is 0 Å². The quantitative estimate of drug-likeness (QED) is 0.183. The molecule has 0 bridgehead atoms. The van der Waals surface area contributed by atoms with Crippen LogP contribution in [0.1, 0.15) is 0 Å².